The number of anilines is 2. The highest BCUT2D eigenvalue weighted by Crippen LogP contribution is 2.32. The Bertz CT molecular complexity index is 1060. The quantitative estimate of drug-likeness (QED) is 0.524. The van der Waals surface area contributed by atoms with E-state index in [9.17, 15) is 9.59 Å². The molecule has 1 aliphatic heterocycles. The molecule has 0 radical (unpaired) electrons. The van der Waals surface area contributed by atoms with Crippen molar-refractivity contribution in [1.29, 1.82) is 0 Å². The van der Waals surface area contributed by atoms with Crippen LogP contribution in [0, 0.1) is 0 Å². The fourth-order valence-corrected chi connectivity index (χ4v) is 4.50. The van der Waals surface area contributed by atoms with E-state index in [1.54, 1.807) is 22.9 Å². The summed E-state index contributed by atoms with van der Waals surface area (Å²) < 4.78 is 0. The molecular weight excluding hydrogens is 420 g/mol. The molecule has 2 N–H and O–H groups in total. The van der Waals surface area contributed by atoms with Gasteiger partial charge >= 0.3 is 6.03 Å². The van der Waals surface area contributed by atoms with Crippen LogP contribution in [0.4, 0.5) is 16.2 Å². The Morgan fingerprint density at radius 2 is 1.78 bits per heavy atom. The fourth-order valence-electron chi connectivity index (χ4n) is 3.57. The predicted molar refractivity (Wildman–Crippen MR) is 129 cm³/mol. The average molecular weight is 447 g/mol. The van der Waals surface area contributed by atoms with Crippen LogP contribution in [0.5, 0.6) is 0 Å². The van der Waals surface area contributed by atoms with Crippen molar-refractivity contribution < 1.29 is 9.59 Å². The van der Waals surface area contributed by atoms with Gasteiger partial charge < -0.3 is 10.6 Å². The summed E-state index contributed by atoms with van der Waals surface area (Å²) in [5.74, 6) is 0.821. The van der Waals surface area contributed by atoms with Gasteiger partial charge in [0, 0.05) is 30.7 Å². The fraction of sp³-hybridized carbons (Fsp3) is 0.240. The van der Waals surface area contributed by atoms with Crippen molar-refractivity contribution >= 4 is 35.1 Å². The first-order chi connectivity index (χ1) is 15.7. The summed E-state index contributed by atoms with van der Waals surface area (Å²) in [5, 5.41) is 6.79. The number of pyridine rings is 1. The molecule has 1 aliphatic rings. The number of fused-ring (bicyclic) bond motifs is 1. The monoisotopic (exact) mass is 446 g/mol. The van der Waals surface area contributed by atoms with Crippen LogP contribution in [0.25, 0.3) is 0 Å². The predicted octanol–water partition coefficient (Wildman–Crippen LogP) is 4.52. The second kappa shape index (κ2) is 10.8. The van der Waals surface area contributed by atoms with Gasteiger partial charge in [0.25, 0.3) is 0 Å². The Morgan fingerprint density at radius 3 is 2.59 bits per heavy atom. The zero-order valence-electron chi connectivity index (χ0n) is 17.8. The molecule has 7 heteroatoms. The van der Waals surface area contributed by atoms with Gasteiger partial charge in [-0.05, 0) is 48.2 Å². The molecule has 0 fully saturated rings. The number of aryl methyl sites for hydroxylation is 1. The van der Waals surface area contributed by atoms with Crippen molar-refractivity contribution in [3.8, 4) is 0 Å². The number of rotatable bonds is 7. The topological polar surface area (TPSA) is 74.3 Å². The zero-order chi connectivity index (χ0) is 22.2. The Kier molecular flexibility index (Phi) is 7.40. The van der Waals surface area contributed by atoms with Gasteiger partial charge in [-0.25, -0.2) is 9.78 Å². The summed E-state index contributed by atoms with van der Waals surface area (Å²) in [4.78, 5) is 31.0. The molecule has 0 atom stereocenters. The molecule has 3 aromatic rings. The van der Waals surface area contributed by atoms with Gasteiger partial charge in [0.1, 0.15) is 5.03 Å². The number of aromatic nitrogens is 1. The minimum atomic E-state index is -0.177. The summed E-state index contributed by atoms with van der Waals surface area (Å²) in [7, 11) is 0. The van der Waals surface area contributed by atoms with E-state index in [-0.39, 0.29) is 11.9 Å². The molecule has 2 heterocycles. The van der Waals surface area contributed by atoms with Crippen LogP contribution in [0.3, 0.4) is 0 Å². The Balaban J connectivity index is 1.23. The number of nitrogens with one attached hydrogen (secondary N) is 2. The van der Waals surface area contributed by atoms with Crippen LogP contribution in [0.1, 0.15) is 17.5 Å². The lowest BCUT2D eigenvalue weighted by Crippen LogP contribution is -2.38. The molecule has 32 heavy (non-hydrogen) atoms. The van der Waals surface area contributed by atoms with E-state index < -0.39 is 0 Å². The maximum Gasteiger partial charge on any atom is 0.326 e. The molecule has 2 aromatic carbocycles. The first kappa shape index (κ1) is 21.9. The number of urea groups is 1. The molecule has 3 amide bonds. The van der Waals surface area contributed by atoms with Crippen LogP contribution >= 0.6 is 11.8 Å². The van der Waals surface area contributed by atoms with Crippen molar-refractivity contribution in [2.75, 3.05) is 29.1 Å². The SMILES string of the molecule is O=C(Cc1ccc(NC(=O)N2CCSc3ncccc32)cc1)NCCCc1ccccc1. The first-order valence-electron chi connectivity index (χ1n) is 10.7. The van der Waals surface area contributed by atoms with E-state index in [0.29, 0.717) is 25.2 Å². The molecule has 4 rings (SSSR count). The van der Waals surface area contributed by atoms with Crippen molar-refractivity contribution in [3.05, 3.63) is 84.1 Å². The molecule has 0 bridgehead atoms. The zero-order valence-corrected chi connectivity index (χ0v) is 18.6. The molecule has 0 aliphatic carbocycles. The largest absolute Gasteiger partial charge is 0.356 e. The van der Waals surface area contributed by atoms with Crippen molar-refractivity contribution in [2.45, 2.75) is 24.3 Å². The Morgan fingerprint density at radius 1 is 0.969 bits per heavy atom. The number of amides is 3. The van der Waals surface area contributed by atoms with Crippen LogP contribution < -0.4 is 15.5 Å². The molecular formula is C25H26N4O2S. The summed E-state index contributed by atoms with van der Waals surface area (Å²) >= 11 is 1.66. The van der Waals surface area contributed by atoms with Crippen LogP contribution in [-0.4, -0.2) is 35.8 Å². The second-order valence-corrected chi connectivity index (χ2v) is 8.65. The molecule has 6 nitrogen and oxygen atoms in total. The lowest BCUT2D eigenvalue weighted by molar-refractivity contribution is -0.120. The van der Waals surface area contributed by atoms with E-state index in [0.717, 1.165) is 34.9 Å². The van der Waals surface area contributed by atoms with Gasteiger partial charge in [-0.3, -0.25) is 9.69 Å². The van der Waals surface area contributed by atoms with Crippen molar-refractivity contribution in [2.24, 2.45) is 0 Å². The van der Waals surface area contributed by atoms with Crippen molar-refractivity contribution in [3.63, 3.8) is 0 Å². The molecule has 164 valence electrons. The third-order valence-corrected chi connectivity index (χ3v) is 6.19. The van der Waals surface area contributed by atoms with Gasteiger partial charge in [-0.2, -0.15) is 0 Å². The van der Waals surface area contributed by atoms with E-state index in [2.05, 4.69) is 27.8 Å². The maximum absolute atomic E-state index is 12.8. The minimum Gasteiger partial charge on any atom is -0.356 e. The van der Waals surface area contributed by atoms with Crippen LogP contribution in [-0.2, 0) is 17.6 Å². The third-order valence-electron chi connectivity index (χ3n) is 5.22. The third kappa shape index (κ3) is 5.88. The summed E-state index contributed by atoms with van der Waals surface area (Å²) in [5.41, 5.74) is 3.72. The number of nitrogens with zero attached hydrogens (tertiary/aromatic N) is 2. The lowest BCUT2D eigenvalue weighted by Gasteiger charge is -2.28. The van der Waals surface area contributed by atoms with Gasteiger partial charge in [-0.1, -0.05) is 42.5 Å². The number of hydrogen-bond donors (Lipinski definition) is 2. The maximum atomic E-state index is 12.8. The summed E-state index contributed by atoms with van der Waals surface area (Å²) in [6.07, 6.45) is 3.92. The number of hydrogen-bond acceptors (Lipinski definition) is 4. The Hall–Kier alpha value is -3.32. The smallest absolute Gasteiger partial charge is 0.326 e. The van der Waals surface area contributed by atoms with E-state index in [1.165, 1.54) is 5.56 Å². The molecule has 1 aromatic heterocycles. The highest BCUT2D eigenvalue weighted by Gasteiger charge is 2.23. The minimum absolute atomic E-state index is 0.00442. The molecule has 0 unspecified atom stereocenters. The van der Waals surface area contributed by atoms with Gasteiger partial charge in [0.05, 0.1) is 12.1 Å². The summed E-state index contributed by atoms with van der Waals surface area (Å²) in [6, 6.07) is 21.3. The van der Waals surface area contributed by atoms with E-state index in [1.807, 2.05) is 54.6 Å². The standard InChI is InChI=1S/C25H26N4O2S/c30-23(26-14-4-8-19-6-2-1-3-7-19)18-20-10-12-21(13-11-20)28-25(31)29-16-17-32-24-22(29)9-5-15-27-24/h1-3,5-7,9-13,15H,4,8,14,16-18H2,(H,26,30)(H,28,31). The van der Waals surface area contributed by atoms with E-state index >= 15 is 0 Å². The van der Waals surface area contributed by atoms with E-state index in [4.69, 9.17) is 0 Å². The lowest BCUT2D eigenvalue weighted by atomic mass is 10.1. The summed E-state index contributed by atoms with van der Waals surface area (Å²) in [6.45, 7) is 1.30. The van der Waals surface area contributed by atoms with Gasteiger partial charge in [0.2, 0.25) is 5.91 Å². The molecule has 0 spiro atoms. The molecule has 0 saturated heterocycles. The number of carbonyl (C=O) groups is 2. The van der Waals surface area contributed by atoms with Crippen molar-refractivity contribution in [1.82, 2.24) is 10.3 Å². The normalized spacial score (nSPS) is 12.7. The Labute approximate surface area is 192 Å². The number of carbonyl (C=O) groups excluding carboxylic acids is 2. The average Bonchev–Trinajstić information content (AvgIpc) is 2.83. The van der Waals surface area contributed by atoms with Crippen LogP contribution in [0.2, 0.25) is 0 Å². The van der Waals surface area contributed by atoms with Gasteiger partial charge in [0.15, 0.2) is 0 Å². The highest BCUT2D eigenvalue weighted by molar-refractivity contribution is 7.99. The second-order valence-electron chi connectivity index (χ2n) is 7.57. The first-order valence-corrected chi connectivity index (χ1v) is 11.7. The highest BCUT2D eigenvalue weighted by atomic mass is 32.2. The van der Waals surface area contributed by atoms with Crippen LogP contribution in [0.15, 0.2) is 78.0 Å². The number of thioether (sulfide) groups is 1. The molecule has 0 saturated carbocycles. The number of benzene rings is 2. The van der Waals surface area contributed by atoms with Gasteiger partial charge in [-0.15, -0.1) is 11.8 Å².